The lowest BCUT2D eigenvalue weighted by Gasteiger charge is -2.00. The summed E-state index contributed by atoms with van der Waals surface area (Å²) >= 11 is 1.62. The molecule has 14 heavy (non-hydrogen) atoms. The van der Waals surface area contributed by atoms with Gasteiger partial charge in [0.05, 0.1) is 17.3 Å². The predicted molar refractivity (Wildman–Crippen MR) is 58.8 cm³/mol. The molecular weight excluding hydrogens is 196 g/mol. The first-order valence-corrected chi connectivity index (χ1v) is 5.20. The van der Waals surface area contributed by atoms with Gasteiger partial charge < -0.3 is 10.5 Å². The first kappa shape index (κ1) is 9.43. The molecular formula is C10H12N2OS. The third-order valence-corrected chi connectivity index (χ3v) is 3.14. The third kappa shape index (κ3) is 1.47. The maximum absolute atomic E-state index is 5.55. The fourth-order valence-corrected chi connectivity index (χ4v) is 2.37. The normalized spacial score (nSPS) is 10.8. The van der Waals surface area contributed by atoms with E-state index in [-0.39, 0.29) is 0 Å². The molecule has 74 valence electrons. The molecule has 0 saturated heterocycles. The Morgan fingerprint density at radius 2 is 2.29 bits per heavy atom. The minimum Gasteiger partial charge on any atom is -0.497 e. The van der Waals surface area contributed by atoms with Gasteiger partial charge in [-0.2, -0.15) is 0 Å². The summed E-state index contributed by atoms with van der Waals surface area (Å²) in [6.07, 6.45) is 0. The van der Waals surface area contributed by atoms with Gasteiger partial charge in [-0.3, -0.25) is 0 Å². The first-order valence-electron chi connectivity index (χ1n) is 4.38. The fourth-order valence-electron chi connectivity index (χ4n) is 1.42. The molecule has 3 nitrogen and oxygen atoms in total. The van der Waals surface area contributed by atoms with E-state index in [0.717, 1.165) is 26.5 Å². The van der Waals surface area contributed by atoms with E-state index in [1.807, 2.05) is 19.1 Å². The van der Waals surface area contributed by atoms with Gasteiger partial charge >= 0.3 is 0 Å². The fraction of sp³-hybridized carbons (Fsp3) is 0.300. The predicted octanol–water partition coefficient (Wildman–Crippen LogP) is 2.07. The van der Waals surface area contributed by atoms with Gasteiger partial charge in [-0.05, 0) is 24.6 Å². The van der Waals surface area contributed by atoms with E-state index in [4.69, 9.17) is 10.5 Å². The van der Waals surface area contributed by atoms with Crippen molar-refractivity contribution >= 4 is 21.6 Å². The topological polar surface area (TPSA) is 48.1 Å². The van der Waals surface area contributed by atoms with Gasteiger partial charge in [-0.25, -0.2) is 4.98 Å². The summed E-state index contributed by atoms with van der Waals surface area (Å²) in [5.41, 5.74) is 7.72. The smallest absolute Gasteiger partial charge is 0.120 e. The van der Waals surface area contributed by atoms with Gasteiger partial charge in [0.25, 0.3) is 0 Å². The second-order valence-corrected chi connectivity index (χ2v) is 4.22. The highest BCUT2D eigenvalue weighted by Crippen LogP contribution is 2.29. The van der Waals surface area contributed by atoms with Gasteiger partial charge in [0.15, 0.2) is 0 Å². The minimum absolute atomic E-state index is 0.501. The summed E-state index contributed by atoms with van der Waals surface area (Å²) in [4.78, 5) is 4.44. The van der Waals surface area contributed by atoms with Crippen LogP contribution in [-0.2, 0) is 6.54 Å². The van der Waals surface area contributed by atoms with Gasteiger partial charge in [-0.1, -0.05) is 0 Å². The van der Waals surface area contributed by atoms with Crippen molar-refractivity contribution < 1.29 is 4.74 Å². The minimum atomic E-state index is 0.501. The summed E-state index contributed by atoms with van der Waals surface area (Å²) in [7, 11) is 1.67. The van der Waals surface area contributed by atoms with Crippen molar-refractivity contribution in [1.29, 1.82) is 0 Å². The molecule has 2 aromatic rings. The summed E-state index contributed by atoms with van der Waals surface area (Å²) in [5.74, 6) is 0.877. The lowest BCUT2D eigenvalue weighted by molar-refractivity contribution is 0.415. The second-order valence-electron chi connectivity index (χ2n) is 3.10. The Balaban J connectivity index is 2.67. The summed E-state index contributed by atoms with van der Waals surface area (Å²) < 4.78 is 6.33. The summed E-state index contributed by atoms with van der Waals surface area (Å²) in [5, 5.41) is 0.969. The lowest BCUT2D eigenvalue weighted by atomic mass is 10.2. The average molecular weight is 208 g/mol. The average Bonchev–Trinajstić information content (AvgIpc) is 2.61. The molecule has 2 rings (SSSR count). The molecule has 0 atom stereocenters. The molecule has 0 fully saturated rings. The SMILES string of the molecule is COc1cc(C)c2nc(CN)sc2c1. The molecule has 4 heteroatoms. The van der Waals surface area contributed by atoms with E-state index in [0.29, 0.717) is 6.54 Å². The van der Waals surface area contributed by atoms with Crippen molar-refractivity contribution in [2.45, 2.75) is 13.5 Å². The Bertz CT molecular complexity index is 464. The molecule has 2 N–H and O–H groups in total. The molecule has 1 aromatic carbocycles. The van der Waals surface area contributed by atoms with Crippen LogP contribution in [0.4, 0.5) is 0 Å². The molecule has 0 aliphatic heterocycles. The third-order valence-electron chi connectivity index (χ3n) is 2.11. The molecule has 0 aliphatic rings. The maximum atomic E-state index is 5.55. The Labute approximate surface area is 86.5 Å². The number of thiazole rings is 1. The maximum Gasteiger partial charge on any atom is 0.120 e. The highest BCUT2D eigenvalue weighted by molar-refractivity contribution is 7.18. The van der Waals surface area contributed by atoms with E-state index >= 15 is 0 Å². The monoisotopic (exact) mass is 208 g/mol. The highest BCUT2D eigenvalue weighted by atomic mass is 32.1. The Kier molecular flexibility index (Phi) is 2.39. The van der Waals surface area contributed by atoms with Crippen LogP contribution in [0.25, 0.3) is 10.2 Å². The number of rotatable bonds is 2. The van der Waals surface area contributed by atoms with Gasteiger partial charge in [0, 0.05) is 6.54 Å². The van der Waals surface area contributed by atoms with Gasteiger partial charge in [0.1, 0.15) is 10.8 Å². The van der Waals surface area contributed by atoms with E-state index < -0.39 is 0 Å². The number of benzene rings is 1. The van der Waals surface area contributed by atoms with E-state index in [1.165, 1.54) is 0 Å². The molecule has 1 heterocycles. The number of hydrogen-bond donors (Lipinski definition) is 1. The van der Waals surface area contributed by atoms with Crippen LogP contribution >= 0.6 is 11.3 Å². The van der Waals surface area contributed by atoms with Gasteiger partial charge in [-0.15, -0.1) is 11.3 Å². The standard InChI is InChI=1S/C10H12N2OS/c1-6-3-7(13-2)4-8-10(6)12-9(5-11)14-8/h3-4H,5,11H2,1-2H3. The van der Waals surface area contributed by atoms with E-state index in [2.05, 4.69) is 4.98 Å². The highest BCUT2D eigenvalue weighted by Gasteiger charge is 2.06. The van der Waals surface area contributed by atoms with E-state index in [9.17, 15) is 0 Å². The van der Waals surface area contributed by atoms with Crippen molar-refractivity contribution in [3.05, 3.63) is 22.7 Å². The van der Waals surface area contributed by atoms with Crippen LogP contribution in [0.2, 0.25) is 0 Å². The first-order chi connectivity index (χ1) is 6.74. The summed E-state index contributed by atoms with van der Waals surface area (Å²) in [6.45, 7) is 2.53. The number of nitrogens with zero attached hydrogens (tertiary/aromatic N) is 1. The molecule has 0 radical (unpaired) electrons. The van der Waals surface area contributed by atoms with Gasteiger partial charge in [0.2, 0.25) is 0 Å². The van der Waals surface area contributed by atoms with Crippen LogP contribution in [0.1, 0.15) is 10.6 Å². The summed E-state index contributed by atoms with van der Waals surface area (Å²) in [6, 6.07) is 3.99. The largest absolute Gasteiger partial charge is 0.497 e. The molecule has 0 aliphatic carbocycles. The Morgan fingerprint density at radius 1 is 1.50 bits per heavy atom. The Morgan fingerprint density at radius 3 is 2.93 bits per heavy atom. The number of aromatic nitrogens is 1. The van der Waals surface area contributed by atoms with E-state index in [1.54, 1.807) is 18.4 Å². The zero-order chi connectivity index (χ0) is 10.1. The van der Waals surface area contributed by atoms with Crippen LogP contribution in [-0.4, -0.2) is 12.1 Å². The van der Waals surface area contributed by atoms with Crippen molar-refractivity contribution in [1.82, 2.24) is 4.98 Å². The zero-order valence-electron chi connectivity index (χ0n) is 8.20. The van der Waals surface area contributed by atoms with Crippen LogP contribution < -0.4 is 10.5 Å². The molecule has 0 amide bonds. The quantitative estimate of drug-likeness (QED) is 0.822. The molecule has 0 bridgehead atoms. The lowest BCUT2D eigenvalue weighted by Crippen LogP contribution is -1.94. The number of nitrogens with two attached hydrogens (primary N) is 1. The number of fused-ring (bicyclic) bond motifs is 1. The molecule has 1 aromatic heterocycles. The van der Waals surface area contributed by atoms with Crippen molar-refractivity contribution in [3.8, 4) is 5.75 Å². The molecule has 0 unspecified atom stereocenters. The number of ether oxygens (including phenoxy) is 1. The van der Waals surface area contributed by atoms with Crippen molar-refractivity contribution in [3.63, 3.8) is 0 Å². The molecule has 0 spiro atoms. The number of hydrogen-bond acceptors (Lipinski definition) is 4. The molecule has 0 saturated carbocycles. The van der Waals surface area contributed by atoms with Crippen molar-refractivity contribution in [2.75, 3.05) is 7.11 Å². The Hall–Kier alpha value is -1.13. The second kappa shape index (κ2) is 3.55. The number of aryl methyl sites for hydroxylation is 1. The number of methoxy groups -OCH3 is 1. The van der Waals surface area contributed by atoms with Crippen LogP contribution in [0.3, 0.4) is 0 Å². The van der Waals surface area contributed by atoms with Crippen LogP contribution in [0, 0.1) is 6.92 Å². The zero-order valence-corrected chi connectivity index (χ0v) is 9.02. The van der Waals surface area contributed by atoms with Crippen molar-refractivity contribution in [2.24, 2.45) is 5.73 Å². The van der Waals surface area contributed by atoms with Crippen LogP contribution in [0.15, 0.2) is 12.1 Å². The van der Waals surface area contributed by atoms with Crippen LogP contribution in [0.5, 0.6) is 5.75 Å².